The van der Waals surface area contributed by atoms with E-state index in [4.69, 9.17) is 0 Å². The topological polar surface area (TPSA) is 36.4 Å². The molecule has 1 fully saturated rings. The van der Waals surface area contributed by atoms with E-state index in [-0.39, 0.29) is 11.6 Å². The molecule has 1 unspecified atom stereocenters. The number of likely N-dealkylation sites (N-methyl/N-ethyl adjacent to an activating group) is 1. The maximum Gasteiger partial charge on any atom is 0.0764 e. The van der Waals surface area contributed by atoms with Gasteiger partial charge in [-0.25, -0.2) is 0 Å². The fraction of sp³-hybridized carbons (Fsp3) is 0.688. The fourth-order valence-corrected chi connectivity index (χ4v) is 3.63. The number of aliphatic hydroxyl groups is 1. The number of aliphatic hydroxyl groups excluding tert-OH is 1. The largest absolute Gasteiger partial charge is 0.391 e. The second-order valence-electron chi connectivity index (χ2n) is 5.56. The van der Waals surface area contributed by atoms with Gasteiger partial charge in [0.2, 0.25) is 0 Å². The summed E-state index contributed by atoms with van der Waals surface area (Å²) in [5, 5.41) is 10.8. The molecular weight excluding hydrogens is 236 g/mol. The van der Waals surface area contributed by atoms with Gasteiger partial charge in [-0.2, -0.15) is 0 Å². The van der Waals surface area contributed by atoms with E-state index in [0.717, 1.165) is 31.5 Å². The molecule has 0 aromatic carbocycles. The number of rotatable bonds is 6. The zero-order valence-electron chi connectivity index (χ0n) is 12.2. The summed E-state index contributed by atoms with van der Waals surface area (Å²) in [7, 11) is 0. The summed E-state index contributed by atoms with van der Waals surface area (Å²) in [5.74, 6) is 0. The summed E-state index contributed by atoms with van der Waals surface area (Å²) in [5.41, 5.74) is 1.12. The predicted octanol–water partition coefficient (Wildman–Crippen LogP) is 2.64. The Balaban J connectivity index is 2.14. The van der Waals surface area contributed by atoms with Crippen molar-refractivity contribution in [3.05, 3.63) is 30.1 Å². The van der Waals surface area contributed by atoms with E-state index in [1.807, 2.05) is 12.3 Å². The predicted molar refractivity (Wildman–Crippen MR) is 78.1 cm³/mol. The van der Waals surface area contributed by atoms with Gasteiger partial charge in [-0.15, -0.1) is 0 Å². The molecule has 2 rings (SSSR count). The van der Waals surface area contributed by atoms with E-state index in [0.29, 0.717) is 6.42 Å². The van der Waals surface area contributed by atoms with Crippen LogP contribution in [0, 0.1) is 0 Å². The molecule has 0 spiro atoms. The van der Waals surface area contributed by atoms with Gasteiger partial charge in [0.1, 0.15) is 0 Å². The van der Waals surface area contributed by atoms with Gasteiger partial charge in [-0.3, -0.25) is 9.88 Å². The maximum atomic E-state index is 10.8. The first-order valence-electron chi connectivity index (χ1n) is 7.55. The first-order valence-corrected chi connectivity index (χ1v) is 7.55. The smallest absolute Gasteiger partial charge is 0.0764 e. The lowest BCUT2D eigenvalue weighted by molar-refractivity contribution is -0.0244. The third kappa shape index (κ3) is 2.98. The van der Waals surface area contributed by atoms with Crippen LogP contribution in [0.15, 0.2) is 24.5 Å². The summed E-state index contributed by atoms with van der Waals surface area (Å²) < 4.78 is 0. The standard InChI is InChI=1S/C16H26N2O/c1-3-18(4-2)16(9-5-6-10-16)15(19)12-14-8-7-11-17-13-14/h7-8,11,13,15,19H,3-6,9-10,12H2,1-2H3. The lowest BCUT2D eigenvalue weighted by Crippen LogP contribution is -2.55. The highest BCUT2D eigenvalue weighted by Gasteiger charge is 2.44. The summed E-state index contributed by atoms with van der Waals surface area (Å²) in [6.07, 6.45) is 8.79. The van der Waals surface area contributed by atoms with Crippen molar-refractivity contribution in [3.63, 3.8) is 0 Å². The van der Waals surface area contributed by atoms with Crippen molar-refractivity contribution in [2.75, 3.05) is 13.1 Å². The molecule has 1 aliphatic carbocycles. The van der Waals surface area contributed by atoms with E-state index in [9.17, 15) is 5.11 Å². The van der Waals surface area contributed by atoms with Gasteiger partial charge >= 0.3 is 0 Å². The summed E-state index contributed by atoms with van der Waals surface area (Å²) in [4.78, 5) is 6.61. The monoisotopic (exact) mass is 262 g/mol. The van der Waals surface area contributed by atoms with Crippen molar-refractivity contribution in [1.82, 2.24) is 9.88 Å². The van der Waals surface area contributed by atoms with Gasteiger partial charge in [-0.1, -0.05) is 32.8 Å². The van der Waals surface area contributed by atoms with Gasteiger partial charge in [-0.05, 0) is 37.6 Å². The van der Waals surface area contributed by atoms with Gasteiger partial charge in [0.05, 0.1) is 6.10 Å². The van der Waals surface area contributed by atoms with Crippen LogP contribution in [-0.2, 0) is 6.42 Å². The van der Waals surface area contributed by atoms with Gasteiger partial charge in [0.15, 0.2) is 0 Å². The first-order chi connectivity index (χ1) is 9.23. The highest BCUT2D eigenvalue weighted by molar-refractivity contribution is 5.13. The van der Waals surface area contributed by atoms with Gasteiger partial charge in [0, 0.05) is 24.4 Å². The average Bonchev–Trinajstić information content (AvgIpc) is 2.92. The van der Waals surface area contributed by atoms with E-state index >= 15 is 0 Å². The Bertz CT molecular complexity index is 370. The molecule has 1 saturated carbocycles. The van der Waals surface area contributed by atoms with Crippen molar-refractivity contribution >= 4 is 0 Å². The van der Waals surface area contributed by atoms with Crippen molar-refractivity contribution < 1.29 is 5.11 Å². The first kappa shape index (κ1) is 14.5. The third-order valence-electron chi connectivity index (χ3n) is 4.63. The van der Waals surface area contributed by atoms with E-state index in [1.54, 1.807) is 6.20 Å². The number of nitrogens with zero attached hydrogens (tertiary/aromatic N) is 2. The second-order valence-corrected chi connectivity index (χ2v) is 5.56. The Labute approximate surface area is 116 Å². The Morgan fingerprint density at radius 1 is 1.32 bits per heavy atom. The molecule has 106 valence electrons. The minimum absolute atomic E-state index is 0.0145. The van der Waals surface area contributed by atoms with Crippen LogP contribution in [0.4, 0.5) is 0 Å². The van der Waals surface area contributed by atoms with Crippen LogP contribution < -0.4 is 0 Å². The summed E-state index contributed by atoms with van der Waals surface area (Å²) in [6, 6.07) is 4.00. The van der Waals surface area contributed by atoms with Crippen LogP contribution in [-0.4, -0.2) is 39.7 Å². The quantitative estimate of drug-likeness (QED) is 0.856. The van der Waals surface area contributed by atoms with E-state index < -0.39 is 0 Å². The number of pyridine rings is 1. The highest BCUT2D eigenvalue weighted by atomic mass is 16.3. The fourth-order valence-electron chi connectivity index (χ4n) is 3.63. The average molecular weight is 262 g/mol. The van der Waals surface area contributed by atoms with Gasteiger partial charge < -0.3 is 5.11 Å². The molecular formula is C16H26N2O. The Morgan fingerprint density at radius 3 is 2.53 bits per heavy atom. The molecule has 1 aliphatic rings. The number of hydrogen-bond acceptors (Lipinski definition) is 3. The van der Waals surface area contributed by atoms with E-state index in [2.05, 4.69) is 29.8 Å². The van der Waals surface area contributed by atoms with Crippen LogP contribution in [0.25, 0.3) is 0 Å². The molecule has 1 heterocycles. The molecule has 1 aromatic heterocycles. The molecule has 0 saturated heterocycles. The van der Waals surface area contributed by atoms with Crippen molar-refractivity contribution in [1.29, 1.82) is 0 Å². The normalized spacial score (nSPS) is 19.8. The van der Waals surface area contributed by atoms with Crippen LogP contribution >= 0.6 is 0 Å². The summed E-state index contributed by atoms with van der Waals surface area (Å²) >= 11 is 0. The van der Waals surface area contributed by atoms with Gasteiger partial charge in [0.25, 0.3) is 0 Å². The molecule has 0 amide bonds. The molecule has 1 atom stereocenters. The number of aromatic nitrogens is 1. The van der Waals surface area contributed by atoms with Crippen molar-refractivity contribution in [2.45, 2.75) is 57.6 Å². The molecule has 0 aliphatic heterocycles. The summed E-state index contributed by atoms with van der Waals surface area (Å²) in [6.45, 7) is 6.42. The minimum atomic E-state index is -0.293. The SMILES string of the molecule is CCN(CC)C1(C(O)Cc2cccnc2)CCCC1. The van der Waals surface area contributed by atoms with Crippen molar-refractivity contribution in [2.24, 2.45) is 0 Å². The van der Waals surface area contributed by atoms with Crippen LogP contribution in [0.5, 0.6) is 0 Å². The van der Waals surface area contributed by atoms with Crippen LogP contribution in [0.3, 0.4) is 0 Å². The number of hydrogen-bond donors (Lipinski definition) is 1. The van der Waals surface area contributed by atoms with Crippen LogP contribution in [0.2, 0.25) is 0 Å². The maximum absolute atomic E-state index is 10.8. The molecule has 3 nitrogen and oxygen atoms in total. The molecule has 1 N–H and O–H groups in total. The Morgan fingerprint density at radius 2 is 2.00 bits per heavy atom. The minimum Gasteiger partial charge on any atom is -0.391 e. The van der Waals surface area contributed by atoms with Crippen molar-refractivity contribution in [3.8, 4) is 0 Å². The zero-order chi connectivity index (χ0) is 13.7. The van der Waals surface area contributed by atoms with Crippen LogP contribution in [0.1, 0.15) is 45.1 Å². The molecule has 3 heteroatoms. The Kier molecular flexibility index (Phi) is 4.94. The lowest BCUT2D eigenvalue weighted by Gasteiger charge is -2.44. The molecule has 1 aromatic rings. The highest BCUT2D eigenvalue weighted by Crippen LogP contribution is 2.39. The third-order valence-corrected chi connectivity index (χ3v) is 4.63. The second kappa shape index (κ2) is 6.49. The molecule has 0 bridgehead atoms. The Hall–Kier alpha value is -0.930. The molecule has 0 radical (unpaired) electrons. The lowest BCUT2D eigenvalue weighted by atomic mass is 9.85. The zero-order valence-corrected chi connectivity index (χ0v) is 12.2. The molecule has 19 heavy (non-hydrogen) atoms. The van der Waals surface area contributed by atoms with E-state index in [1.165, 1.54) is 12.8 Å².